The maximum absolute atomic E-state index is 15.3. The zero-order valence-corrected chi connectivity index (χ0v) is 15.0. The lowest BCUT2D eigenvalue weighted by Gasteiger charge is -2.33. The minimum absolute atomic E-state index is 0.00218. The van der Waals surface area contributed by atoms with Gasteiger partial charge in [-0.1, -0.05) is 12.1 Å². The molecule has 4 nitrogen and oxygen atoms in total. The summed E-state index contributed by atoms with van der Waals surface area (Å²) in [7, 11) is 2.08. The second-order valence-electron chi connectivity index (χ2n) is 7.21. The van der Waals surface area contributed by atoms with E-state index in [4.69, 9.17) is 0 Å². The molecule has 0 radical (unpaired) electrons. The van der Waals surface area contributed by atoms with Crippen molar-refractivity contribution in [1.82, 2.24) is 20.1 Å². The Morgan fingerprint density at radius 3 is 2.93 bits per heavy atom. The minimum atomic E-state index is -0.169. The van der Waals surface area contributed by atoms with E-state index in [0.717, 1.165) is 40.9 Å². The summed E-state index contributed by atoms with van der Waals surface area (Å²) >= 11 is 0. The number of H-pyrrole nitrogens is 1. The van der Waals surface area contributed by atoms with Crippen LogP contribution >= 0.6 is 0 Å². The fourth-order valence-corrected chi connectivity index (χ4v) is 4.11. The topological polar surface area (TPSA) is 44.8 Å². The Morgan fingerprint density at radius 2 is 2.07 bits per heavy atom. The Kier molecular flexibility index (Phi) is 3.76. The standard InChI is InChI=1S/C22H19FN4/c1-27-12-17-9-16(20-3-2-7-25-26-20)10-19(23)22(17)18(13-27)15-5-4-14-6-8-24-21(14)11-15/h2-11,18,24H,12-13H2,1H3. The molecule has 5 heteroatoms. The molecule has 0 saturated carbocycles. The fraction of sp³-hybridized carbons (Fsp3) is 0.182. The molecular formula is C22H19FN4. The van der Waals surface area contributed by atoms with Crippen molar-refractivity contribution in [1.29, 1.82) is 0 Å². The van der Waals surface area contributed by atoms with Crippen molar-refractivity contribution < 1.29 is 4.39 Å². The summed E-state index contributed by atoms with van der Waals surface area (Å²) in [6.45, 7) is 1.52. The van der Waals surface area contributed by atoms with Crippen molar-refractivity contribution in [2.45, 2.75) is 12.5 Å². The fourth-order valence-electron chi connectivity index (χ4n) is 4.11. The molecule has 1 unspecified atom stereocenters. The van der Waals surface area contributed by atoms with E-state index in [-0.39, 0.29) is 11.7 Å². The maximum Gasteiger partial charge on any atom is 0.128 e. The van der Waals surface area contributed by atoms with E-state index in [9.17, 15) is 0 Å². The number of benzene rings is 2. The first kappa shape index (κ1) is 16.1. The summed E-state index contributed by atoms with van der Waals surface area (Å²) in [6, 6.07) is 15.7. The number of halogens is 1. The van der Waals surface area contributed by atoms with Crippen molar-refractivity contribution in [2.75, 3.05) is 13.6 Å². The van der Waals surface area contributed by atoms with Crippen molar-refractivity contribution in [3.8, 4) is 11.3 Å². The smallest absolute Gasteiger partial charge is 0.128 e. The SMILES string of the molecule is CN1Cc2cc(-c3cccnn3)cc(F)c2C(c2ccc3cc[nH]c3c2)C1. The largest absolute Gasteiger partial charge is 0.361 e. The minimum Gasteiger partial charge on any atom is -0.361 e. The van der Waals surface area contributed by atoms with Crippen molar-refractivity contribution >= 4 is 10.9 Å². The molecule has 134 valence electrons. The number of rotatable bonds is 2. The van der Waals surface area contributed by atoms with Crippen molar-refractivity contribution in [3.05, 3.63) is 83.4 Å². The molecule has 1 N–H and O–H groups in total. The van der Waals surface area contributed by atoms with Gasteiger partial charge < -0.3 is 9.88 Å². The summed E-state index contributed by atoms with van der Waals surface area (Å²) in [4.78, 5) is 5.50. The Balaban J connectivity index is 1.64. The molecule has 5 rings (SSSR count). The number of nitrogens with zero attached hydrogens (tertiary/aromatic N) is 3. The molecular weight excluding hydrogens is 339 g/mol. The molecule has 1 atom stereocenters. The second kappa shape index (κ2) is 6.28. The van der Waals surface area contributed by atoms with Crippen LogP contribution in [-0.2, 0) is 6.54 Å². The third-order valence-electron chi connectivity index (χ3n) is 5.35. The molecule has 0 amide bonds. The Labute approximate surface area is 156 Å². The van der Waals surface area contributed by atoms with Gasteiger partial charge in [0.05, 0.1) is 5.69 Å². The molecule has 2 aromatic heterocycles. The monoisotopic (exact) mass is 358 g/mol. The quantitative estimate of drug-likeness (QED) is 0.580. The zero-order valence-electron chi connectivity index (χ0n) is 15.0. The van der Waals surface area contributed by atoms with E-state index in [2.05, 4.69) is 51.4 Å². The van der Waals surface area contributed by atoms with Crippen LogP contribution in [0.3, 0.4) is 0 Å². The lowest BCUT2D eigenvalue weighted by molar-refractivity contribution is 0.291. The van der Waals surface area contributed by atoms with E-state index in [0.29, 0.717) is 5.69 Å². The Morgan fingerprint density at radius 1 is 1.15 bits per heavy atom. The molecule has 1 aliphatic heterocycles. The van der Waals surface area contributed by atoms with Gasteiger partial charge in [0.2, 0.25) is 0 Å². The van der Waals surface area contributed by atoms with Gasteiger partial charge in [-0.15, -0.1) is 0 Å². The van der Waals surface area contributed by atoms with Crippen LogP contribution in [0.1, 0.15) is 22.6 Å². The number of hydrogen-bond acceptors (Lipinski definition) is 3. The van der Waals surface area contributed by atoms with Crippen LogP contribution in [0.4, 0.5) is 4.39 Å². The maximum atomic E-state index is 15.3. The summed E-state index contributed by atoms with van der Waals surface area (Å²) in [5.74, 6) is -0.166. The number of fused-ring (bicyclic) bond motifs is 2. The van der Waals surface area contributed by atoms with Gasteiger partial charge >= 0.3 is 0 Å². The number of hydrogen-bond donors (Lipinski definition) is 1. The van der Waals surface area contributed by atoms with Crippen molar-refractivity contribution in [3.63, 3.8) is 0 Å². The average molecular weight is 358 g/mol. The summed E-state index contributed by atoms with van der Waals surface area (Å²) in [5.41, 5.74) is 5.49. The average Bonchev–Trinajstić information content (AvgIpc) is 3.15. The lowest BCUT2D eigenvalue weighted by Crippen LogP contribution is -2.31. The lowest BCUT2D eigenvalue weighted by atomic mass is 9.83. The van der Waals surface area contributed by atoms with Gasteiger partial charge in [-0.2, -0.15) is 10.2 Å². The molecule has 3 heterocycles. The molecule has 2 aromatic carbocycles. The highest BCUT2D eigenvalue weighted by Gasteiger charge is 2.29. The first-order valence-corrected chi connectivity index (χ1v) is 9.05. The molecule has 0 saturated heterocycles. The van der Waals surface area contributed by atoms with Gasteiger partial charge in [-0.05, 0) is 60.0 Å². The van der Waals surface area contributed by atoms with Crippen LogP contribution in [0.25, 0.3) is 22.2 Å². The highest BCUT2D eigenvalue weighted by Crippen LogP contribution is 2.37. The third kappa shape index (κ3) is 2.80. The van der Waals surface area contributed by atoms with Crippen LogP contribution in [-0.4, -0.2) is 33.7 Å². The molecule has 27 heavy (non-hydrogen) atoms. The summed E-state index contributed by atoms with van der Waals surface area (Å²) in [5, 5.41) is 9.22. The van der Waals surface area contributed by atoms with Gasteiger partial charge in [0.1, 0.15) is 5.82 Å². The second-order valence-corrected chi connectivity index (χ2v) is 7.21. The predicted molar refractivity (Wildman–Crippen MR) is 104 cm³/mol. The van der Waals surface area contributed by atoms with Crippen LogP contribution in [0.15, 0.2) is 60.9 Å². The number of nitrogens with one attached hydrogen (secondary N) is 1. The van der Waals surface area contributed by atoms with Gasteiger partial charge in [-0.3, -0.25) is 0 Å². The zero-order chi connectivity index (χ0) is 18.4. The van der Waals surface area contributed by atoms with E-state index in [1.807, 2.05) is 24.4 Å². The van der Waals surface area contributed by atoms with Crippen LogP contribution in [0.2, 0.25) is 0 Å². The van der Waals surface area contributed by atoms with E-state index < -0.39 is 0 Å². The summed E-state index contributed by atoms with van der Waals surface area (Å²) in [6.07, 6.45) is 3.56. The van der Waals surface area contributed by atoms with Gasteiger partial charge in [0, 0.05) is 48.0 Å². The first-order chi connectivity index (χ1) is 13.2. The van der Waals surface area contributed by atoms with Crippen LogP contribution < -0.4 is 0 Å². The number of likely N-dealkylation sites (N-methyl/N-ethyl adjacent to an activating group) is 1. The van der Waals surface area contributed by atoms with E-state index in [1.54, 1.807) is 12.3 Å². The molecule has 0 spiro atoms. The predicted octanol–water partition coefficient (Wildman–Crippen LogP) is 4.34. The van der Waals surface area contributed by atoms with Gasteiger partial charge in [0.25, 0.3) is 0 Å². The summed E-state index contributed by atoms with van der Waals surface area (Å²) < 4.78 is 15.3. The Bertz CT molecular complexity index is 1120. The van der Waals surface area contributed by atoms with E-state index in [1.165, 1.54) is 5.39 Å². The van der Waals surface area contributed by atoms with Crippen molar-refractivity contribution in [2.24, 2.45) is 0 Å². The van der Waals surface area contributed by atoms with E-state index >= 15 is 4.39 Å². The molecule has 0 aliphatic carbocycles. The highest BCUT2D eigenvalue weighted by atomic mass is 19.1. The molecule has 4 aromatic rings. The molecule has 1 aliphatic rings. The number of aromatic amines is 1. The highest BCUT2D eigenvalue weighted by molar-refractivity contribution is 5.80. The van der Waals surface area contributed by atoms with Gasteiger partial charge in [0.15, 0.2) is 0 Å². The molecule has 0 bridgehead atoms. The Hall–Kier alpha value is -3.05. The van der Waals surface area contributed by atoms with Gasteiger partial charge in [-0.25, -0.2) is 4.39 Å². The van der Waals surface area contributed by atoms with Crippen LogP contribution in [0, 0.1) is 5.82 Å². The number of aromatic nitrogens is 3. The van der Waals surface area contributed by atoms with Crippen LogP contribution in [0.5, 0.6) is 0 Å². The normalized spacial score (nSPS) is 17.2. The molecule has 0 fully saturated rings. The first-order valence-electron chi connectivity index (χ1n) is 9.05. The third-order valence-corrected chi connectivity index (χ3v) is 5.35.